The summed E-state index contributed by atoms with van der Waals surface area (Å²) in [6.45, 7) is 7.75. The Morgan fingerprint density at radius 1 is 1.06 bits per heavy atom. The van der Waals surface area contributed by atoms with Crippen LogP contribution in [0.15, 0.2) is 48.7 Å². The lowest BCUT2D eigenvalue weighted by atomic mass is 10.0. The second kappa shape index (κ2) is 9.39. The van der Waals surface area contributed by atoms with Gasteiger partial charge in [0.1, 0.15) is 11.4 Å². The van der Waals surface area contributed by atoms with Crippen LogP contribution in [0.4, 0.5) is 10.6 Å². The number of anilines is 1. The third-order valence-corrected chi connectivity index (χ3v) is 6.28. The van der Waals surface area contributed by atoms with Gasteiger partial charge in [-0.15, -0.1) is 0 Å². The van der Waals surface area contributed by atoms with Crippen molar-refractivity contribution in [3.8, 4) is 0 Å². The van der Waals surface area contributed by atoms with E-state index in [1.54, 1.807) is 0 Å². The molecule has 2 heterocycles. The van der Waals surface area contributed by atoms with Gasteiger partial charge in [0.2, 0.25) is 0 Å². The summed E-state index contributed by atoms with van der Waals surface area (Å²) in [7, 11) is 0. The number of likely N-dealkylation sites (tertiary alicyclic amines) is 1. The van der Waals surface area contributed by atoms with Crippen LogP contribution in [-0.4, -0.2) is 34.2 Å². The number of aromatic nitrogens is 1. The average Bonchev–Trinajstić information content (AvgIpc) is 3.41. The third kappa shape index (κ3) is 5.27. The normalized spacial score (nSPS) is 20.2. The van der Waals surface area contributed by atoms with Crippen LogP contribution in [0.25, 0.3) is 0 Å². The lowest BCUT2D eigenvalue weighted by Gasteiger charge is -2.34. The lowest BCUT2D eigenvalue weighted by Crippen LogP contribution is -2.44. The molecule has 0 bridgehead atoms. The van der Waals surface area contributed by atoms with Crippen LogP contribution in [0.3, 0.4) is 0 Å². The van der Waals surface area contributed by atoms with Gasteiger partial charge < -0.3 is 4.74 Å². The summed E-state index contributed by atoms with van der Waals surface area (Å²) in [5, 5.41) is 0. The van der Waals surface area contributed by atoms with Gasteiger partial charge in [-0.2, -0.15) is 0 Å². The molecule has 0 unspecified atom stereocenters. The molecule has 2 aromatic rings. The summed E-state index contributed by atoms with van der Waals surface area (Å²) in [5.41, 5.74) is 1.93. The molecular formula is C26H35N3O2. The van der Waals surface area contributed by atoms with Gasteiger partial charge in [-0.25, -0.2) is 9.78 Å². The first-order valence-corrected chi connectivity index (χ1v) is 11.7. The number of benzene rings is 1. The molecule has 5 heteroatoms. The first-order chi connectivity index (χ1) is 14.9. The zero-order valence-corrected chi connectivity index (χ0v) is 19.1. The number of hydrogen-bond donors (Lipinski definition) is 0. The SMILES string of the molecule is CC(C)(C)OC(=O)N(c1ncccc1[C@H]1CCCN1Cc1ccccc1)C1CCCC1. The van der Waals surface area contributed by atoms with E-state index in [9.17, 15) is 4.79 Å². The van der Waals surface area contributed by atoms with Crippen LogP contribution in [0.2, 0.25) is 0 Å². The Bertz CT molecular complexity index is 872. The van der Waals surface area contributed by atoms with Crippen LogP contribution in [-0.2, 0) is 11.3 Å². The Hall–Kier alpha value is -2.40. The van der Waals surface area contributed by atoms with Crippen molar-refractivity contribution in [1.29, 1.82) is 0 Å². The average molecular weight is 422 g/mol. The molecule has 0 N–H and O–H groups in total. The molecule has 1 aromatic heterocycles. The quantitative estimate of drug-likeness (QED) is 0.585. The maximum absolute atomic E-state index is 13.3. The molecule has 2 aliphatic rings. The minimum atomic E-state index is -0.532. The number of carbonyl (C=O) groups excluding carboxylic acids is 1. The van der Waals surface area contributed by atoms with E-state index in [0.29, 0.717) is 0 Å². The van der Waals surface area contributed by atoms with Gasteiger partial charge in [-0.1, -0.05) is 49.2 Å². The molecule has 4 rings (SSSR count). The van der Waals surface area contributed by atoms with E-state index in [4.69, 9.17) is 9.72 Å². The number of hydrogen-bond acceptors (Lipinski definition) is 4. The molecule has 0 radical (unpaired) electrons. The summed E-state index contributed by atoms with van der Waals surface area (Å²) < 4.78 is 5.84. The molecule has 1 amide bonds. The topological polar surface area (TPSA) is 45.7 Å². The highest BCUT2D eigenvalue weighted by Crippen LogP contribution is 2.39. The van der Waals surface area contributed by atoms with E-state index in [1.165, 1.54) is 5.56 Å². The Morgan fingerprint density at radius 3 is 2.52 bits per heavy atom. The van der Waals surface area contributed by atoms with Crippen molar-refractivity contribution >= 4 is 11.9 Å². The highest BCUT2D eigenvalue weighted by Gasteiger charge is 2.36. The number of nitrogens with zero attached hydrogens (tertiary/aromatic N) is 3. The maximum Gasteiger partial charge on any atom is 0.416 e. The van der Waals surface area contributed by atoms with Crippen molar-refractivity contribution in [2.75, 3.05) is 11.4 Å². The summed E-state index contributed by atoms with van der Waals surface area (Å²) in [5.74, 6) is 0.786. The fourth-order valence-corrected chi connectivity index (χ4v) is 4.94. The third-order valence-electron chi connectivity index (χ3n) is 6.28. The Kier molecular flexibility index (Phi) is 6.61. The predicted octanol–water partition coefficient (Wildman–Crippen LogP) is 6.10. The number of ether oxygens (including phenoxy) is 1. The van der Waals surface area contributed by atoms with Gasteiger partial charge in [-0.05, 0) is 64.6 Å². The second-order valence-corrected chi connectivity index (χ2v) is 9.82. The van der Waals surface area contributed by atoms with Crippen molar-refractivity contribution in [3.63, 3.8) is 0 Å². The molecule has 5 nitrogen and oxygen atoms in total. The highest BCUT2D eigenvalue weighted by atomic mass is 16.6. The Labute approximate surface area is 186 Å². The second-order valence-electron chi connectivity index (χ2n) is 9.82. The molecule has 1 aliphatic carbocycles. The van der Waals surface area contributed by atoms with Gasteiger partial charge in [0.15, 0.2) is 0 Å². The molecule has 2 fully saturated rings. The molecule has 1 saturated carbocycles. The molecule has 31 heavy (non-hydrogen) atoms. The van der Waals surface area contributed by atoms with Crippen LogP contribution in [0.5, 0.6) is 0 Å². The molecular weight excluding hydrogens is 386 g/mol. The largest absolute Gasteiger partial charge is 0.443 e. The van der Waals surface area contributed by atoms with Crippen molar-refractivity contribution < 1.29 is 9.53 Å². The van der Waals surface area contributed by atoms with Crippen molar-refractivity contribution in [3.05, 3.63) is 59.8 Å². The maximum atomic E-state index is 13.3. The predicted molar refractivity (Wildman–Crippen MR) is 124 cm³/mol. The van der Waals surface area contributed by atoms with E-state index in [1.807, 2.05) is 37.9 Å². The number of carbonyl (C=O) groups is 1. The standard InChI is InChI=1S/C26H35N3O2/c1-26(2,3)31-25(30)29(21-13-7-8-14-21)24-22(15-9-17-27-24)23-16-10-18-28(23)19-20-11-5-4-6-12-20/h4-6,9,11-12,15,17,21,23H,7-8,10,13-14,16,18-19H2,1-3H3/t23-/m1/s1. The summed E-state index contributed by atoms with van der Waals surface area (Å²) in [6, 6.07) is 15.2. The van der Waals surface area contributed by atoms with Gasteiger partial charge >= 0.3 is 6.09 Å². The van der Waals surface area contributed by atoms with Crippen LogP contribution in [0, 0.1) is 0 Å². The van der Waals surface area contributed by atoms with Gasteiger partial charge in [0.05, 0.1) is 0 Å². The van der Waals surface area contributed by atoms with Crippen molar-refractivity contribution in [2.24, 2.45) is 0 Å². The zero-order valence-electron chi connectivity index (χ0n) is 19.1. The van der Waals surface area contributed by atoms with Crippen molar-refractivity contribution in [1.82, 2.24) is 9.88 Å². The summed E-state index contributed by atoms with van der Waals surface area (Å²) in [6.07, 6.45) is 8.08. The van der Waals surface area contributed by atoms with E-state index >= 15 is 0 Å². The van der Waals surface area contributed by atoms with Gasteiger partial charge in [0, 0.05) is 30.4 Å². The minimum Gasteiger partial charge on any atom is -0.443 e. The first kappa shape index (κ1) is 21.8. The number of pyridine rings is 1. The minimum absolute atomic E-state index is 0.160. The summed E-state index contributed by atoms with van der Waals surface area (Å²) >= 11 is 0. The Balaban J connectivity index is 1.65. The fraction of sp³-hybridized carbons (Fsp3) is 0.538. The van der Waals surface area contributed by atoms with Gasteiger partial charge in [0.25, 0.3) is 0 Å². The van der Waals surface area contributed by atoms with Crippen LogP contribution in [0.1, 0.15) is 76.5 Å². The van der Waals surface area contributed by atoms with E-state index in [0.717, 1.165) is 63.0 Å². The number of rotatable bonds is 5. The monoisotopic (exact) mass is 421 g/mol. The van der Waals surface area contributed by atoms with E-state index in [2.05, 4.69) is 41.3 Å². The number of amides is 1. The van der Waals surface area contributed by atoms with E-state index in [-0.39, 0.29) is 18.2 Å². The molecule has 1 saturated heterocycles. The lowest BCUT2D eigenvalue weighted by molar-refractivity contribution is 0.0563. The zero-order chi connectivity index (χ0) is 21.8. The molecule has 166 valence electrons. The van der Waals surface area contributed by atoms with Crippen LogP contribution >= 0.6 is 0 Å². The van der Waals surface area contributed by atoms with Crippen molar-refractivity contribution in [2.45, 2.75) is 83.5 Å². The fourth-order valence-electron chi connectivity index (χ4n) is 4.94. The first-order valence-electron chi connectivity index (χ1n) is 11.7. The van der Waals surface area contributed by atoms with Gasteiger partial charge in [-0.3, -0.25) is 9.80 Å². The van der Waals surface area contributed by atoms with E-state index < -0.39 is 5.60 Å². The smallest absolute Gasteiger partial charge is 0.416 e. The molecule has 1 aliphatic heterocycles. The Morgan fingerprint density at radius 2 is 1.81 bits per heavy atom. The highest BCUT2D eigenvalue weighted by molar-refractivity contribution is 5.88. The summed E-state index contributed by atoms with van der Waals surface area (Å²) in [4.78, 5) is 22.5. The molecule has 1 atom stereocenters. The van der Waals surface area contributed by atoms with Crippen LogP contribution < -0.4 is 4.90 Å². The molecule has 1 aromatic carbocycles. The molecule has 0 spiro atoms.